The molecule has 0 unspecified atom stereocenters. The smallest absolute Gasteiger partial charge is 0.282 e. The number of allylic oxidation sites excluding steroid dienone is 1. The Hall–Kier alpha value is -2.71. The Morgan fingerprint density at radius 1 is 1.32 bits per heavy atom. The van der Waals surface area contributed by atoms with Crippen LogP contribution in [-0.2, 0) is 6.42 Å². The molecule has 1 fully saturated rings. The zero-order valence-corrected chi connectivity index (χ0v) is 16.6. The monoisotopic (exact) mass is 397 g/mol. The number of fused-ring (bicyclic) bond motifs is 3. The number of piperazine rings is 1. The molecule has 0 saturated carbocycles. The number of aromatic nitrogens is 1. The molecule has 2 aromatic rings. The average Bonchev–Trinajstić information content (AvgIpc) is 3.06. The van der Waals surface area contributed by atoms with Crippen LogP contribution in [0.1, 0.15) is 20.2 Å². The summed E-state index contributed by atoms with van der Waals surface area (Å²) >= 11 is 1.47. The van der Waals surface area contributed by atoms with Gasteiger partial charge in [0.1, 0.15) is 5.75 Å². The molecule has 3 N–H and O–H groups in total. The van der Waals surface area contributed by atoms with E-state index in [1.54, 1.807) is 0 Å². The number of carbonyl (C=O) groups is 1. The number of hydrogen-bond donors (Lipinski definition) is 2. The second kappa shape index (κ2) is 7.73. The highest BCUT2D eigenvalue weighted by atomic mass is 32.1. The number of nitrogens with zero attached hydrogens (tertiary/aromatic N) is 3. The van der Waals surface area contributed by atoms with Crippen molar-refractivity contribution in [3.8, 4) is 17.0 Å². The van der Waals surface area contributed by atoms with E-state index in [-0.39, 0.29) is 5.91 Å². The third-order valence-corrected chi connectivity index (χ3v) is 6.27. The Labute approximate surface area is 167 Å². The molecule has 1 saturated heterocycles. The average molecular weight is 398 g/mol. The summed E-state index contributed by atoms with van der Waals surface area (Å²) in [7, 11) is 2.07. The van der Waals surface area contributed by atoms with Crippen molar-refractivity contribution in [1.29, 1.82) is 5.41 Å². The molecule has 4 rings (SSSR count). The lowest BCUT2D eigenvalue weighted by atomic mass is 10.0. The van der Waals surface area contributed by atoms with Crippen LogP contribution in [0.4, 0.5) is 0 Å². The van der Waals surface area contributed by atoms with E-state index in [2.05, 4.69) is 11.9 Å². The summed E-state index contributed by atoms with van der Waals surface area (Å²) in [6.07, 6.45) is 3.35. The van der Waals surface area contributed by atoms with Gasteiger partial charge in [-0.05, 0) is 24.7 Å². The number of ether oxygens (including phenoxy) is 1. The Morgan fingerprint density at radius 2 is 2.11 bits per heavy atom. The van der Waals surface area contributed by atoms with Crippen molar-refractivity contribution >= 4 is 29.0 Å². The Balaban J connectivity index is 1.66. The molecular weight excluding hydrogens is 374 g/mol. The van der Waals surface area contributed by atoms with Crippen LogP contribution in [0.5, 0.6) is 5.75 Å². The number of amides is 1. The number of nitrogens with two attached hydrogens (primary N) is 1. The zero-order valence-electron chi connectivity index (χ0n) is 15.8. The summed E-state index contributed by atoms with van der Waals surface area (Å²) in [5.41, 5.74) is 8.76. The van der Waals surface area contributed by atoms with E-state index in [9.17, 15) is 4.79 Å². The van der Waals surface area contributed by atoms with Crippen LogP contribution in [0.25, 0.3) is 16.8 Å². The third kappa shape index (κ3) is 3.41. The first kappa shape index (κ1) is 18.6. The third-order valence-electron chi connectivity index (χ3n) is 5.16. The maximum atomic E-state index is 12.9. The van der Waals surface area contributed by atoms with Crippen molar-refractivity contribution in [2.45, 2.75) is 6.42 Å². The fourth-order valence-corrected chi connectivity index (χ4v) is 4.49. The van der Waals surface area contributed by atoms with Gasteiger partial charge in [0.25, 0.3) is 5.91 Å². The summed E-state index contributed by atoms with van der Waals surface area (Å²) < 4.78 is 5.92. The molecule has 0 bridgehead atoms. The normalized spacial score (nSPS) is 17.3. The quantitative estimate of drug-likeness (QED) is 0.773. The van der Waals surface area contributed by atoms with Gasteiger partial charge in [-0.15, -0.1) is 11.3 Å². The minimum atomic E-state index is 0.0161. The van der Waals surface area contributed by atoms with Crippen LogP contribution >= 0.6 is 11.3 Å². The fourth-order valence-electron chi connectivity index (χ4n) is 3.47. The van der Waals surface area contributed by atoms with Crippen LogP contribution in [0, 0.1) is 5.41 Å². The maximum absolute atomic E-state index is 12.9. The predicted molar refractivity (Wildman–Crippen MR) is 111 cm³/mol. The Bertz CT molecular complexity index is 944. The van der Waals surface area contributed by atoms with Crippen molar-refractivity contribution in [3.05, 3.63) is 39.8 Å². The minimum Gasteiger partial charge on any atom is -0.492 e. The molecule has 146 valence electrons. The highest BCUT2D eigenvalue weighted by Gasteiger charge is 2.27. The Morgan fingerprint density at radius 3 is 2.82 bits per heavy atom. The van der Waals surface area contributed by atoms with Gasteiger partial charge < -0.3 is 25.7 Å². The second-order valence-electron chi connectivity index (χ2n) is 6.96. The van der Waals surface area contributed by atoms with Gasteiger partial charge in [0.15, 0.2) is 5.01 Å². The SMILES string of the molecule is CN1CCN(C(=O)c2nc3c(s2)CCOc2cc(/C(C=N)=C/N)ccc2-3)CC1. The van der Waals surface area contributed by atoms with Crippen LogP contribution in [0.3, 0.4) is 0 Å². The molecule has 28 heavy (non-hydrogen) atoms. The van der Waals surface area contributed by atoms with E-state index in [0.29, 0.717) is 22.9 Å². The second-order valence-corrected chi connectivity index (χ2v) is 8.05. The van der Waals surface area contributed by atoms with Gasteiger partial charge in [-0.3, -0.25) is 4.79 Å². The highest BCUT2D eigenvalue weighted by Crippen LogP contribution is 2.39. The van der Waals surface area contributed by atoms with E-state index >= 15 is 0 Å². The van der Waals surface area contributed by atoms with Gasteiger partial charge in [0, 0.05) is 61.0 Å². The van der Waals surface area contributed by atoms with E-state index in [1.807, 2.05) is 23.1 Å². The molecule has 8 heteroatoms. The number of nitrogens with one attached hydrogen (secondary N) is 1. The summed E-state index contributed by atoms with van der Waals surface area (Å²) in [5.74, 6) is 0.726. The predicted octanol–water partition coefficient (Wildman–Crippen LogP) is 2.08. The molecule has 2 aliphatic rings. The van der Waals surface area contributed by atoms with Crippen LogP contribution in [-0.4, -0.2) is 66.7 Å². The number of hydrogen-bond acceptors (Lipinski definition) is 7. The number of thiazole rings is 1. The lowest BCUT2D eigenvalue weighted by Gasteiger charge is -2.31. The van der Waals surface area contributed by atoms with E-state index in [4.69, 9.17) is 20.9 Å². The standard InChI is InChI=1S/C20H23N5O2S/c1-24-5-7-25(8-6-24)20(26)19-23-18-15-3-2-13(14(11-21)12-22)10-16(15)27-9-4-17(18)28-19/h2-3,10-12,21H,4-9,22H2,1H3/b14-12+,21-11?. The number of likely N-dealkylation sites (N-methyl/N-ethyl adjacent to an activating group) is 1. The van der Waals surface area contributed by atoms with Gasteiger partial charge in [-0.25, -0.2) is 4.98 Å². The summed E-state index contributed by atoms with van der Waals surface area (Å²) in [6.45, 7) is 3.78. The lowest BCUT2D eigenvalue weighted by Crippen LogP contribution is -2.47. The van der Waals surface area contributed by atoms with Gasteiger partial charge in [0.05, 0.1) is 12.3 Å². The molecule has 1 amide bonds. The minimum absolute atomic E-state index is 0.0161. The summed E-state index contributed by atoms with van der Waals surface area (Å²) in [4.78, 5) is 22.8. The molecule has 2 aliphatic heterocycles. The highest BCUT2D eigenvalue weighted by molar-refractivity contribution is 7.14. The van der Waals surface area contributed by atoms with Crippen LogP contribution in [0.2, 0.25) is 0 Å². The molecule has 0 spiro atoms. The number of rotatable bonds is 3. The topological polar surface area (TPSA) is 95.5 Å². The van der Waals surface area contributed by atoms with Crippen molar-refractivity contribution < 1.29 is 9.53 Å². The molecule has 1 aromatic carbocycles. The number of carbonyl (C=O) groups excluding carboxylic acids is 1. The van der Waals surface area contributed by atoms with Crippen molar-refractivity contribution in [1.82, 2.24) is 14.8 Å². The first-order valence-corrected chi connectivity index (χ1v) is 10.1. The summed E-state index contributed by atoms with van der Waals surface area (Å²) in [6, 6.07) is 5.73. The molecular formula is C20H23N5O2S. The molecule has 0 radical (unpaired) electrons. The van der Waals surface area contributed by atoms with Crippen LogP contribution < -0.4 is 10.5 Å². The van der Waals surface area contributed by atoms with Gasteiger partial charge in [-0.2, -0.15) is 0 Å². The van der Waals surface area contributed by atoms with E-state index in [1.165, 1.54) is 23.8 Å². The molecule has 0 atom stereocenters. The molecule has 7 nitrogen and oxygen atoms in total. The van der Waals surface area contributed by atoms with Crippen LogP contribution in [0.15, 0.2) is 24.4 Å². The largest absolute Gasteiger partial charge is 0.492 e. The van der Waals surface area contributed by atoms with Gasteiger partial charge in [0.2, 0.25) is 0 Å². The van der Waals surface area contributed by atoms with Gasteiger partial charge >= 0.3 is 0 Å². The Kier molecular flexibility index (Phi) is 5.15. The van der Waals surface area contributed by atoms with E-state index in [0.717, 1.165) is 54.3 Å². The first-order valence-electron chi connectivity index (χ1n) is 9.28. The maximum Gasteiger partial charge on any atom is 0.282 e. The molecule has 0 aliphatic carbocycles. The summed E-state index contributed by atoms with van der Waals surface area (Å²) in [5, 5.41) is 8.04. The molecule has 3 heterocycles. The first-order chi connectivity index (χ1) is 13.6. The van der Waals surface area contributed by atoms with Gasteiger partial charge in [-0.1, -0.05) is 6.07 Å². The fraction of sp³-hybridized carbons (Fsp3) is 0.350. The van der Waals surface area contributed by atoms with E-state index < -0.39 is 0 Å². The van der Waals surface area contributed by atoms with Crippen molar-refractivity contribution in [3.63, 3.8) is 0 Å². The zero-order chi connectivity index (χ0) is 19.7. The van der Waals surface area contributed by atoms with Crippen molar-refractivity contribution in [2.24, 2.45) is 5.73 Å². The number of benzene rings is 1. The van der Waals surface area contributed by atoms with Crippen molar-refractivity contribution in [2.75, 3.05) is 39.8 Å². The lowest BCUT2D eigenvalue weighted by molar-refractivity contribution is 0.0664. The molecule has 1 aromatic heterocycles.